The van der Waals surface area contributed by atoms with Crippen LogP contribution in [0.3, 0.4) is 0 Å². The predicted molar refractivity (Wildman–Crippen MR) is 62.4 cm³/mol. The van der Waals surface area contributed by atoms with Crippen LogP contribution in [-0.2, 0) is 9.84 Å². The summed E-state index contributed by atoms with van der Waals surface area (Å²) in [6, 6.07) is 6.42. The Morgan fingerprint density at radius 2 is 2.12 bits per heavy atom. The van der Waals surface area contributed by atoms with E-state index in [0.29, 0.717) is 5.56 Å². The van der Waals surface area contributed by atoms with Crippen molar-refractivity contribution in [2.75, 3.05) is 5.75 Å². The zero-order valence-corrected chi connectivity index (χ0v) is 9.26. The third-order valence-electron chi connectivity index (χ3n) is 2.25. The molecule has 0 saturated heterocycles. The second-order valence-electron chi connectivity index (χ2n) is 3.56. The minimum Gasteiger partial charge on any atom is -0.507 e. The van der Waals surface area contributed by atoms with Crippen LogP contribution < -0.4 is 0 Å². The fourth-order valence-corrected chi connectivity index (χ4v) is 2.63. The van der Waals surface area contributed by atoms with Gasteiger partial charge in [-0.2, -0.15) is 0 Å². The first kappa shape index (κ1) is 10.9. The molecular formula is C11H11NO3S. The molecule has 2 rings (SSSR count). The van der Waals surface area contributed by atoms with Crippen molar-refractivity contribution < 1.29 is 13.5 Å². The molecule has 4 nitrogen and oxygen atoms in total. The summed E-state index contributed by atoms with van der Waals surface area (Å²) in [6.07, 6.45) is 3.04. The van der Waals surface area contributed by atoms with Gasteiger partial charge >= 0.3 is 0 Å². The molecule has 84 valence electrons. The molecule has 0 radical (unpaired) electrons. The largest absolute Gasteiger partial charge is 0.507 e. The van der Waals surface area contributed by atoms with E-state index in [1.54, 1.807) is 30.3 Å². The standard InChI is InChI=1S/C11H11NO3S/c13-11-4-2-1-3-9(11)7-12-10-5-6-16(14,15)8-10/h1-7,10,13H,8H2/t10-/m0/s1. The highest BCUT2D eigenvalue weighted by molar-refractivity contribution is 7.94. The summed E-state index contributed by atoms with van der Waals surface area (Å²) in [5.41, 5.74) is 0.584. The highest BCUT2D eigenvalue weighted by Gasteiger charge is 2.20. The number of benzene rings is 1. The molecule has 0 amide bonds. The van der Waals surface area contributed by atoms with Crippen molar-refractivity contribution in [2.24, 2.45) is 4.99 Å². The Labute approximate surface area is 93.9 Å². The van der Waals surface area contributed by atoms with Gasteiger partial charge in [0.05, 0.1) is 11.8 Å². The van der Waals surface area contributed by atoms with Gasteiger partial charge in [-0.1, -0.05) is 12.1 Å². The van der Waals surface area contributed by atoms with Gasteiger partial charge < -0.3 is 5.11 Å². The summed E-state index contributed by atoms with van der Waals surface area (Å²) < 4.78 is 22.2. The van der Waals surface area contributed by atoms with Gasteiger partial charge in [-0.05, 0) is 18.2 Å². The van der Waals surface area contributed by atoms with Gasteiger partial charge in [0.2, 0.25) is 0 Å². The average molecular weight is 237 g/mol. The van der Waals surface area contributed by atoms with E-state index in [1.165, 1.54) is 11.6 Å². The van der Waals surface area contributed by atoms with Crippen LogP contribution in [0.25, 0.3) is 0 Å². The molecule has 0 spiro atoms. The summed E-state index contributed by atoms with van der Waals surface area (Å²) >= 11 is 0. The maximum absolute atomic E-state index is 11.1. The third kappa shape index (κ3) is 2.49. The van der Waals surface area contributed by atoms with Crippen LogP contribution in [0.1, 0.15) is 5.56 Å². The third-order valence-corrected chi connectivity index (χ3v) is 3.63. The first-order chi connectivity index (χ1) is 7.57. The number of nitrogens with zero attached hydrogens (tertiary/aromatic N) is 1. The van der Waals surface area contributed by atoms with E-state index in [1.807, 2.05) is 0 Å². The van der Waals surface area contributed by atoms with Crippen LogP contribution in [-0.4, -0.2) is 31.5 Å². The fraction of sp³-hybridized carbons (Fsp3) is 0.182. The van der Waals surface area contributed by atoms with E-state index < -0.39 is 9.84 Å². The zero-order chi connectivity index (χ0) is 11.6. The maximum Gasteiger partial charge on any atom is 0.173 e. The Balaban J connectivity index is 2.12. The molecule has 1 aromatic rings. The van der Waals surface area contributed by atoms with Crippen LogP contribution in [0.5, 0.6) is 5.75 Å². The van der Waals surface area contributed by atoms with Gasteiger partial charge in [-0.15, -0.1) is 0 Å². The van der Waals surface area contributed by atoms with E-state index in [9.17, 15) is 13.5 Å². The first-order valence-corrected chi connectivity index (χ1v) is 6.50. The van der Waals surface area contributed by atoms with E-state index >= 15 is 0 Å². The molecule has 0 aliphatic carbocycles. The maximum atomic E-state index is 11.1. The van der Waals surface area contributed by atoms with Crippen LogP contribution in [0, 0.1) is 0 Å². The number of hydrogen-bond donors (Lipinski definition) is 1. The molecule has 0 saturated carbocycles. The zero-order valence-electron chi connectivity index (χ0n) is 8.45. The van der Waals surface area contributed by atoms with Crippen LogP contribution in [0.4, 0.5) is 0 Å². The smallest absolute Gasteiger partial charge is 0.173 e. The molecule has 1 N–H and O–H groups in total. The summed E-state index contributed by atoms with van der Waals surface area (Å²) in [5, 5.41) is 10.6. The SMILES string of the molecule is O=S1(=O)C=C[C@H](N=Cc2ccccc2O)C1. The van der Waals surface area contributed by atoms with E-state index in [4.69, 9.17) is 0 Å². The summed E-state index contributed by atoms with van der Waals surface area (Å²) in [7, 11) is -3.07. The lowest BCUT2D eigenvalue weighted by molar-refractivity contribution is 0.474. The van der Waals surface area contributed by atoms with Crippen LogP contribution >= 0.6 is 0 Å². The van der Waals surface area contributed by atoms with E-state index in [2.05, 4.69) is 4.99 Å². The molecule has 5 heteroatoms. The van der Waals surface area contributed by atoms with Gasteiger partial charge in [-0.3, -0.25) is 4.99 Å². The topological polar surface area (TPSA) is 66.7 Å². The molecule has 1 heterocycles. The van der Waals surface area contributed by atoms with Crippen molar-refractivity contribution in [3.8, 4) is 5.75 Å². The van der Waals surface area contributed by atoms with Gasteiger partial charge in [-0.25, -0.2) is 8.42 Å². The van der Waals surface area contributed by atoms with E-state index in [-0.39, 0.29) is 17.5 Å². The Bertz CT molecular complexity index is 546. The summed E-state index contributed by atoms with van der Waals surface area (Å²) in [4.78, 5) is 4.10. The number of phenolic OH excluding ortho intramolecular Hbond substituents is 1. The van der Waals surface area contributed by atoms with Gasteiger partial charge in [0.15, 0.2) is 9.84 Å². The normalized spacial score (nSPS) is 22.9. The number of aliphatic imine (C=N–C) groups is 1. The van der Waals surface area contributed by atoms with Gasteiger partial charge in [0, 0.05) is 17.2 Å². The molecule has 0 aromatic heterocycles. The highest BCUT2D eigenvalue weighted by Crippen LogP contribution is 2.15. The molecule has 1 atom stereocenters. The second-order valence-corrected chi connectivity index (χ2v) is 5.49. The van der Waals surface area contributed by atoms with Gasteiger partial charge in [0.1, 0.15) is 5.75 Å². The Kier molecular flexibility index (Phi) is 2.78. The predicted octanol–water partition coefficient (Wildman–Crippen LogP) is 1.12. The number of aromatic hydroxyl groups is 1. The minimum atomic E-state index is -3.07. The number of para-hydroxylation sites is 1. The lowest BCUT2D eigenvalue weighted by atomic mass is 10.2. The Morgan fingerprint density at radius 3 is 2.75 bits per heavy atom. The molecule has 1 aromatic carbocycles. The second kappa shape index (κ2) is 4.09. The van der Waals surface area contributed by atoms with Crippen molar-refractivity contribution in [2.45, 2.75) is 6.04 Å². The molecular weight excluding hydrogens is 226 g/mol. The van der Waals surface area contributed by atoms with Crippen molar-refractivity contribution in [1.29, 1.82) is 0 Å². The Hall–Kier alpha value is -1.62. The minimum absolute atomic E-state index is 0.0110. The molecule has 1 aliphatic heterocycles. The number of phenols is 1. The highest BCUT2D eigenvalue weighted by atomic mass is 32.2. The van der Waals surface area contributed by atoms with Crippen molar-refractivity contribution >= 4 is 16.1 Å². The number of sulfone groups is 1. The molecule has 0 fully saturated rings. The molecule has 16 heavy (non-hydrogen) atoms. The summed E-state index contributed by atoms with van der Waals surface area (Å²) in [5.74, 6) is 0.146. The average Bonchev–Trinajstić information content (AvgIpc) is 2.57. The summed E-state index contributed by atoms with van der Waals surface area (Å²) in [6.45, 7) is 0. The monoisotopic (exact) mass is 237 g/mol. The molecule has 1 aliphatic rings. The van der Waals surface area contributed by atoms with Crippen LogP contribution in [0.2, 0.25) is 0 Å². The fourth-order valence-electron chi connectivity index (χ4n) is 1.42. The van der Waals surface area contributed by atoms with Crippen molar-refractivity contribution in [1.82, 2.24) is 0 Å². The quantitative estimate of drug-likeness (QED) is 0.784. The van der Waals surface area contributed by atoms with Crippen LogP contribution in [0.15, 0.2) is 40.7 Å². The van der Waals surface area contributed by atoms with E-state index in [0.717, 1.165) is 0 Å². The lowest BCUT2D eigenvalue weighted by Crippen LogP contribution is -2.08. The Morgan fingerprint density at radius 1 is 1.38 bits per heavy atom. The number of rotatable bonds is 2. The van der Waals surface area contributed by atoms with Crippen molar-refractivity contribution in [3.63, 3.8) is 0 Å². The number of hydrogen-bond acceptors (Lipinski definition) is 4. The first-order valence-electron chi connectivity index (χ1n) is 4.79. The van der Waals surface area contributed by atoms with Crippen molar-refractivity contribution in [3.05, 3.63) is 41.3 Å². The molecule has 0 unspecified atom stereocenters. The molecule has 0 bridgehead atoms. The lowest BCUT2D eigenvalue weighted by Gasteiger charge is -2.00. The van der Waals surface area contributed by atoms with Gasteiger partial charge in [0.25, 0.3) is 0 Å².